The second-order valence-corrected chi connectivity index (χ2v) is 4.85. The summed E-state index contributed by atoms with van der Waals surface area (Å²) in [5.41, 5.74) is 5.94. The number of likely N-dealkylation sites (tertiary alicyclic amines) is 1. The first-order chi connectivity index (χ1) is 7.18. The Morgan fingerprint density at radius 2 is 2.07 bits per heavy atom. The lowest BCUT2D eigenvalue weighted by Gasteiger charge is -2.36. The maximum absolute atomic E-state index is 12.1. The smallest absolute Gasteiger partial charge is 0.226 e. The lowest BCUT2D eigenvalue weighted by atomic mass is 9.93. The van der Waals surface area contributed by atoms with Crippen LogP contribution in [0.5, 0.6) is 0 Å². The molecule has 2 unspecified atom stereocenters. The van der Waals surface area contributed by atoms with Gasteiger partial charge in [0, 0.05) is 25.0 Å². The van der Waals surface area contributed by atoms with E-state index in [-0.39, 0.29) is 12.0 Å². The van der Waals surface area contributed by atoms with Crippen LogP contribution in [0, 0.1) is 11.8 Å². The van der Waals surface area contributed by atoms with Crippen LogP contribution >= 0.6 is 0 Å². The van der Waals surface area contributed by atoms with Crippen molar-refractivity contribution in [2.75, 3.05) is 13.1 Å². The molecule has 1 aliphatic heterocycles. The van der Waals surface area contributed by atoms with Crippen molar-refractivity contribution in [3.8, 4) is 0 Å². The normalized spacial score (nSPS) is 32.3. The Balaban J connectivity index is 1.91. The molecule has 0 bridgehead atoms. The van der Waals surface area contributed by atoms with Gasteiger partial charge in [0.25, 0.3) is 0 Å². The van der Waals surface area contributed by atoms with Crippen molar-refractivity contribution in [1.82, 2.24) is 4.90 Å². The summed E-state index contributed by atoms with van der Waals surface area (Å²) in [7, 11) is 0. The molecule has 0 aromatic rings. The van der Waals surface area contributed by atoms with E-state index in [1.54, 1.807) is 0 Å². The maximum Gasteiger partial charge on any atom is 0.226 e. The third kappa shape index (κ3) is 2.23. The van der Waals surface area contributed by atoms with Crippen LogP contribution in [-0.2, 0) is 4.79 Å². The van der Waals surface area contributed by atoms with Crippen molar-refractivity contribution in [2.45, 2.75) is 32.2 Å². The van der Waals surface area contributed by atoms with Crippen LogP contribution in [-0.4, -0.2) is 29.9 Å². The number of carbonyl (C=O) groups excluding carboxylic acids is 1. The third-order valence-electron chi connectivity index (χ3n) is 3.64. The van der Waals surface area contributed by atoms with Crippen molar-refractivity contribution in [3.05, 3.63) is 12.2 Å². The predicted molar refractivity (Wildman–Crippen MR) is 60.2 cm³/mol. The van der Waals surface area contributed by atoms with Crippen LogP contribution < -0.4 is 5.73 Å². The molecule has 1 fully saturated rings. The second kappa shape index (κ2) is 4.35. The summed E-state index contributed by atoms with van der Waals surface area (Å²) in [5.74, 6) is 0.988. The summed E-state index contributed by atoms with van der Waals surface area (Å²) in [6.07, 6.45) is 7.03. The van der Waals surface area contributed by atoms with Crippen LogP contribution in [0.25, 0.3) is 0 Å². The first kappa shape index (κ1) is 10.7. The van der Waals surface area contributed by atoms with Gasteiger partial charge >= 0.3 is 0 Å². The molecule has 0 aromatic heterocycles. The summed E-state index contributed by atoms with van der Waals surface area (Å²) >= 11 is 0. The fraction of sp³-hybridized carbons (Fsp3) is 0.750. The predicted octanol–water partition coefficient (Wildman–Crippen LogP) is 1.15. The standard InChI is InChI=1S/C12H20N2O/c1-9-8-14(7-6-11(9)13)12(15)10-4-2-3-5-10/h2-3,9-11H,4-8,13H2,1H3. The van der Waals surface area contributed by atoms with Crippen LogP contribution in [0.2, 0.25) is 0 Å². The summed E-state index contributed by atoms with van der Waals surface area (Å²) in [4.78, 5) is 14.1. The average Bonchev–Trinajstić information content (AvgIpc) is 2.74. The van der Waals surface area contributed by atoms with E-state index in [4.69, 9.17) is 5.73 Å². The van der Waals surface area contributed by atoms with Crippen LogP contribution in [0.1, 0.15) is 26.2 Å². The highest BCUT2D eigenvalue weighted by atomic mass is 16.2. The Morgan fingerprint density at radius 1 is 1.40 bits per heavy atom. The highest BCUT2D eigenvalue weighted by molar-refractivity contribution is 5.79. The minimum atomic E-state index is 0.214. The molecule has 0 radical (unpaired) electrons. The SMILES string of the molecule is CC1CN(C(=O)C2CC=CC2)CCC1N. The van der Waals surface area contributed by atoms with Crippen molar-refractivity contribution in [1.29, 1.82) is 0 Å². The van der Waals surface area contributed by atoms with E-state index in [9.17, 15) is 4.79 Å². The van der Waals surface area contributed by atoms with Gasteiger partial charge < -0.3 is 10.6 Å². The van der Waals surface area contributed by atoms with Crippen molar-refractivity contribution in [2.24, 2.45) is 17.6 Å². The van der Waals surface area contributed by atoms with E-state index in [1.165, 1.54) is 0 Å². The molecular weight excluding hydrogens is 188 g/mol. The van der Waals surface area contributed by atoms with Crippen LogP contribution in [0.4, 0.5) is 0 Å². The van der Waals surface area contributed by atoms with Crippen molar-refractivity contribution >= 4 is 5.91 Å². The molecular formula is C12H20N2O. The first-order valence-electron chi connectivity index (χ1n) is 5.88. The highest BCUT2D eigenvalue weighted by Gasteiger charge is 2.30. The van der Waals surface area contributed by atoms with Crippen molar-refractivity contribution in [3.63, 3.8) is 0 Å². The molecule has 3 heteroatoms. The largest absolute Gasteiger partial charge is 0.342 e. The summed E-state index contributed by atoms with van der Waals surface area (Å²) in [6.45, 7) is 3.83. The number of nitrogens with two attached hydrogens (primary N) is 1. The van der Waals surface area contributed by atoms with Crippen LogP contribution in [0.3, 0.4) is 0 Å². The first-order valence-corrected chi connectivity index (χ1v) is 5.88. The fourth-order valence-electron chi connectivity index (χ4n) is 2.44. The van der Waals surface area contributed by atoms with E-state index in [0.29, 0.717) is 11.8 Å². The zero-order valence-corrected chi connectivity index (χ0v) is 9.36. The molecule has 2 rings (SSSR count). The third-order valence-corrected chi connectivity index (χ3v) is 3.64. The Labute approximate surface area is 91.3 Å². The topological polar surface area (TPSA) is 46.3 Å². The number of hydrogen-bond acceptors (Lipinski definition) is 2. The monoisotopic (exact) mass is 208 g/mol. The minimum absolute atomic E-state index is 0.214. The van der Waals surface area contributed by atoms with Gasteiger partial charge in [-0.25, -0.2) is 0 Å². The number of allylic oxidation sites excluding steroid dienone is 2. The van der Waals surface area contributed by atoms with E-state index in [1.807, 2.05) is 4.90 Å². The maximum atomic E-state index is 12.1. The molecule has 84 valence electrons. The molecule has 0 saturated carbocycles. The molecule has 0 aromatic carbocycles. The number of piperidine rings is 1. The minimum Gasteiger partial charge on any atom is -0.342 e. The number of rotatable bonds is 1. The average molecular weight is 208 g/mol. The molecule has 1 amide bonds. The Bertz CT molecular complexity index is 267. The van der Waals surface area contributed by atoms with Gasteiger partial charge in [-0.2, -0.15) is 0 Å². The molecule has 15 heavy (non-hydrogen) atoms. The number of carbonyl (C=O) groups is 1. The quantitative estimate of drug-likeness (QED) is 0.657. The van der Waals surface area contributed by atoms with Gasteiger partial charge in [-0.1, -0.05) is 19.1 Å². The zero-order valence-electron chi connectivity index (χ0n) is 9.36. The molecule has 1 saturated heterocycles. The zero-order chi connectivity index (χ0) is 10.8. The Morgan fingerprint density at radius 3 is 2.67 bits per heavy atom. The van der Waals surface area contributed by atoms with Gasteiger partial charge in [0.1, 0.15) is 0 Å². The molecule has 1 aliphatic carbocycles. The van der Waals surface area contributed by atoms with Crippen molar-refractivity contribution < 1.29 is 4.79 Å². The van der Waals surface area contributed by atoms with Gasteiger partial charge in [0.15, 0.2) is 0 Å². The summed E-state index contributed by atoms with van der Waals surface area (Å²) in [5, 5.41) is 0. The van der Waals surface area contributed by atoms with Crippen LogP contribution in [0.15, 0.2) is 12.2 Å². The molecule has 2 atom stereocenters. The number of amides is 1. The summed E-state index contributed by atoms with van der Waals surface area (Å²) < 4.78 is 0. The fourth-order valence-corrected chi connectivity index (χ4v) is 2.44. The highest BCUT2D eigenvalue weighted by Crippen LogP contribution is 2.23. The molecule has 3 nitrogen and oxygen atoms in total. The molecule has 0 spiro atoms. The lowest BCUT2D eigenvalue weighted by Crippen LogP contribution is -2.49. The Kier molecular flexibility index (Phi) is 3.10. The number of nitrogens with zero attached hydrogens (tertiary/aromatic N) is 1. The Hall–Kier alpha value is -0.830. The number of hydrogen-bond donors (Lipinski definition) is 1. The van der Waals surface area contributed by atoms with E-state index >= 15 is 0 Å². The molecule has 2 N–H and O–H groups in total. The molecule has 2 aliphatic rings. The summed E-state index contributed by atoms with van der Waals surface area (Å²) in [6, 6.07) is 0.274. The van der Waals surface area contributed by atoms with Gasteiger partial charge in [0.05, 0.1) is 0 Å². The van der Waals surface area contributed by atoms with Gasteiger partial charge in [-0.15, -0.1) is 0 Å². The molecule has 1 heterocycles. The van der Waals surface area contributed by atoms with Gasteiger partial charge in [0.2, 0.25) is 5.91 Å². The van der Waals surface area contributed by atoms with E-state index < -0.39 is 0 Å². The van der Waals surface area contributed by atoms with Gasteiger partial charge in [-0.3, -0.25) is 4.79 Å². The second-order valence-electron chi connectivity index (χ2n) is 4.85. The van der Waals surface area contributed by atoms with Gasteiger partial charge in [-0.05, 0) is 25.2 Å². The lowest BCUT2D eigenvalue weighted by molar-refractivity contribution is -0.137. The van der Waals surface area contributed by atoms with E-state index in [2.05, 4.69) is 19.1 Å². The van der Waals surface area contributed by atoms with E-state index in [0.717, 1.165) is 32.4 Å².